The van der Waals surface area contributed by atoms with E-state index in [0.29, 0.717) is 28.1 Å². The molecule has 3 aromatic rings. The fourth-order valence-electron chi connectivity index (χ4n) is 2.42. The summed E-state index contributed by atoms with van der Waals surface area (Å²) in [6.45, 7) is 0. The molecule has 2 aromatic carbocycles. The number of anilines is 2. The van der Waals surface area contributed by atoms with Crippen LogP contribution in [0.2, 0.25) is 0 Å². The van der Waals surface area contributed by atoms with Crippen LogP contribution in [0.4, 0.5) is 11.6 Å². The van der Waals surface area contributed by atoms with Crippen molar-refractivity contribution in [3.05, 3.63) is 42.5 Å². The molecule has 0 saturated carbocycles. The van der Waals surface area contributed by atoms with E-state index in [4.69, 9.17) is 9.47 Å². The molecule has 0 bridgehead atoms. The van der Waals surface area contributed by atoms with Gasteiger partial charge in [0, 0.05) is 17.7 Å². The highest BCUT2D eigenvalue weighted by molar-refractivity contribution is 7.90. The number of benzene rings is 2. The average molecular weight is 359 g/mol. The number of nitrogens with zero attached hydrogens (tertiary/aromatic N) is 2. The maximum atomic E-state index is 12.1. The van der Waals surface area contributed by atoms with E-state index in [-0.39, 0.29) is 11.0 Å². The number of aromatic nitrogens is 2. The summed E-state index contributed by atoms with van der Waals surface area (Å²) in [6.07, 6.45) is 1.12. The molecule has 1 heterocycles. The van der Waals surface area contributed by atoms with Crippen LogP contribution in [0.5, 0.6) is 11.5 Å². The van der Waals surface area contributed by atoms with Gasteiger partial charge in [0.15, 0.2) is 14.9 Å². The number of hydrogen-bond acceptors (Lipinski definition) is 7. The lowest BCUT2D eigenvalue weighted by atomic mass is 10.2. The summed E-state index contributed by atoms with van der Waals surface area (Å²) in [4.78, 5) is 8.58. The number of ether oxygens (including phenoxy) is 2. The van der Waals surface area contributed by atoms with Crippen molar-refractivity contribution in [2.24, 2.45) is 0 Å². The van der Waals surface area contributed by atoms with Gasteiger partial charge in [0.2, 0.25) is 5.95 Å². The maximum absolute atomic E-state index is 12.1. The number of sulfone groups is 1. The second kappa shape index (κ2) is 6.56. The summed E-state index contributed by atoms with van der Waals surface area (Å²) >= 11 is 0. The molecule has 3 rings (SSSR count). The van der Waals surface area contributed by atoms with Gasteiger partial charge in [-0.1, -0.05) is 12.1 Å². The molecule has 0 amide bonds. The Bertz CT molecular complexity index is 1040. The minimum atomic E-state index is -3.52. The Balaban J connectivity index is 2.14. The maximum Gasteiger partial charge on any atom is 0.229 e. The van der Waals surface area contributed by atoms with Crippen LogP contribution in [0.15, 0.2) is 47.5 Å². The van der Waals surface area contributed by atoms with Crippen LogP contribution in [0, 0.1) is 0 Å². The SMILES string of the molecule is COc1ccc(OC)c(Nc2nc(S(C)(=O)=O)c3ccccc3n2)c1. The largest absolute Gasteiger partial charge is 0.497 e. The molecule has 0 aliphatic heterocycles. The molecule has 0 atom stereocenters. The lowest BCUT2D eigenvalue weighted by molar-refractivity contribution is 0.405. The normalized spacial score (nSPS) is 11.3. The Morgan fingerprint density at radius 3 is 2.44 bits per heavy atom. The van der Waals surface area contributed by atoms with Crippen LogP contribution in [0.25, 0.3) is 10.9 Å². The summed E-state index contributed by atoms with van der Waals surface area (Å²) in [5, 5.41) is 3.47. The number of nitrogens with one attached hydrogen (secondary N) is 1. The third kappa shape index (κ3) is 3.48. The summed E-state index contributed by atoms with van der Waals surface area (Å²) in [7, 11) is -0.426. The first-order valence-corrected chi connectivity index (χ1v) is 9.27. The number of rotatable bonds is 5. The Kier molecular flexibility index (Phi) is 4.45. The van der Waals surface area contributed by atoms with E-state index >= 15 is 0 Å². The first kappa shape index (κ1) is 17.0. The molecular weight excluding hydrogens is 342 g/mol. The number of methoxy groups -OCH3 is 2. The molecule has 130 valence electrons. The van der Waals surface area contributed by atoms with Gasteiger partial charge in [0.05, 0.1) is 25.4 Å². The fourth-order valence-corrected chi connectivity index (χ4v) is 3.24. The molecule has 1 aromatic heterocycles. The Morgan fingerprint density at radius 1 is 1.00 bits per heavy atom. The first-order chi connectivity index (χ1) is 11.9. The van der Waals surface area contributed by atoms with Gasteiger partial charge in [-0.25, -0.2) is 18.4 Å². The van der Waals surface area contributed by atoms with Crippen LogP contribution in [-0.4, -0.2) is 38.9 Å². The molecule has 0 spiro atoms. The number of hydrogen-bond donors (Lipinski definition) is 1. The fraction of sp³-hybridized carbons (Fsp3) is 0.176. The van der Waals surface area contributed by atoms with E-state index in [1.165, 1.54) is 7.11 Å². The molecule has 0 unspecified atom stereocenters. The van der Waals surface area contributed by atoms with Gasteiger partial charge in [-0.3, -0.25) is 0 Å². The summed E-state index contributed by atoms with van der Waals surface area (Å²) < 4.78 is 34.7. The third-order valence-corrected chi connectivity index (χ3v) is 4.59. The minimum absolute atomic E-state index is 0.0255. The molecule has 1 N–H and O–H groups in total. The second-order valence-corrected chi connectivity index (χ2v) is 7.26. The van der Waals surface area contributed by atoms with E-state index in [0.717, 1.165) is 6.26 Å². The lowest BCUT2D eigenvalue weighted by Crippen LogP contribution is -2.07. The van der Waals surface area contributed by atoms with E-state index in [2.05, 4.69) is 15.3 Å². The summed E-state index contributed by atoms with van der Waals surface area (Å²) in [5.74, 6) is 1.33. The molecule has 0 fully saturated rings. The van der Waals surface area contributed by atoms with Gasteiger partial charge in [-0.05, 0) is 24.3 Å². The van der Waals surface area contributed by atoms with Crippen molar-refractivity contribution in [2.45, 2.75) is 5.03 Å². The number of para-hydroxylation sites is 1. The Labute approximate surface area is 145 Å². The minimum Gasteiger partial charge on any atom is -0.497 e. The molecule has 0 saturated heterocycles. The van der Waals surface area contributed by atoms with E-state index < -0.39 is 9.84 Å². The average Bonchev–Trinajstić information content (AvgIpc) is 2.60. The quantitative estimate of drug-likeness (QED) is 0.701. The number of fused-ring (bicyclic) bond motifs is 1. The van der Waals surface area contributed by atoms with Crippen molar-refractivity contribution in [2.75, 3.05) is 25.8 Å². The van der Waals surface area contributed by atoms with Gasteiger partial charge in [-0.15, -0.1) is 0 Å². The molecule has 0 aliphatic carbocycles. The highest BCUT2D eigenvalue weighted by Gasteiger charge is 2.17. The van der Waals surface area contributed by atoms with Crippen LogP contribution in [0.3, 0.4) is 0 Å². The topological polar surface area (TPSA) is 90.4 Å². The predicted octanol–water partition coefficient (Wildman–Crippen LogP) is 2.79. The smallest absolute Gasteiger partial charge is 0.229 e. The van der Waals surface area contributed by atoms with E-state index in [1.54, 1.807) is 49.6 Å². The van der Waals surface area contributed by atoms with Crippen molar-refractivity contribution in [3.63, 3.8) is 0 Å². The molecule has 0 radical (unpaired) electrons. The van der Waals surface area contributed by atoms with Crippen molar-refractivity contribution in [1.82, 2.24) is 9.97 Å². The monoisotopic (exact) mass is 359 g/mol. The van der Waals surface area contributed by atoms with Crippen molar-refractivity contribution in [1.29, 1.82) is 0 Å². The Morgan fingerprint density at radius 2 is 1.76 bits per heavy atom. The predicted molar refractivity (Wildman–Crippen MR) is 95.5 cm³/mol. The zero-order valence-electron chi connectivity index (χ0n) is 14.0. The Hall–Kier alpha value is -2.87. The van der Waals surface area contributed by atoms with E-state index in [1.807, 2.05) is 0 Å². The molecule has 25 heavy (non-hydrogen) atoms. The van der Waals surface area contributed by atoms with Gasteiger partial charge in [0.25, 0.3) is 0 Å². The van der Waals surface area contributed by atoms with Crippen molar-refractivity contribution >= 4 is 32.4 Å². The molecule has 8 heteroatoms. The summed E-state index contributed by atoms with van der Waals surface area (Å²) in [6, 6.07) is 12.2. The second-order valence-electron chi connectivity index (χ2n) is 5.33. The zero-order valence-corrected chi connectivity index (χ0v) is 14.8. The zero-order chi connectivity index (χ0) is 18.0. The van der Waals surface area contributed by atoms with E-state index in [9.17, 15) is 8.42 Å². The third-order valence-electron chi connectivity index (χ3n) is 3.57. The lowest BCUT2D eigenvalue weighted by Gasteiger charge is -2.13. The van der Waals surface area contributed by atoms with Crippen LogP contribution >= 0.6 is 0 Å². The highest BCUT2D eigenvalue weighted by Crippen LogP contribution is 2.31. The van der Waals surface area contributed by atoms with Gasteiger partial charge < -0.3 is 14.8 Å². The molecular formula is C17H17N3O4S. The van der Waals surface area contributed by atoms with Gasteiger partial charge >= 0.3 is 0 Å². The van der Waals surface area contributed by atoms with Crippen molar-refractivity contribution < 1.29 is 17.9 Å². The summed E-state index contributed by atoms with van der Waals surface area (Å²) in [5.41, 5.74) is 1.10. The van der Waals surface area contributed by atoms with Crippen LogP contribution < -0.4 is 14.8 Å². The van der Waals surface area contributed by atoms with Gasteiger partial charge in [-0.2, -0.15) is 0 Å². The standard InChI is InChI=1S/C17H17N3O4S/c1-23-11-8-9-15(24-2)14(10-11)19-17-18-13-7-5-4-6-12(13)16(20-17)25(3,21)22/h4-10H,1-3H3,(H,18,19,20). The first-order valence-electron chi connectivity index (χ1n) is 7.38. The molecule has 7 nitrogen and oxygen atoms in total. The highest BCUT2D eigenvalue weighted by atomic mass is 32.2. The van der Waals surface area contributed by atoms with Crippen LogP contribution in [0.1, 0.15) is 0 Å². The van der Waals surface area contributed by atoms with Crippen molar-refractivity contribution in [3.8, 4) is 11.5 Å². The molecule has 0 aliphatic rings. The van der Waals surface area contributed by atoms with Crippen LogP contribution in [-0.2, 0) is 9.84 Å². The van der Waals surface area contributed by atoms with Gasteiger partial charge in [0.1, 0.15) is 11.5 Å².